The highest BCUT2D eigenvalue weighted by atomic mass is 79.9. The Bertz CT molecular complexity index is 651. The van der Waals surface area contributed by atoms with Crippen LogP contribution in [0.5, 0.6) is 5.88 Å². The highest BCUT2D eigenvalue weighted by molar-refractivity contribution is 9.10. The first kappa shape index (κ1) is 13.3. The summed E-state index contributed by atoms with van der Waals surface area (Å²) in [5, 5.41) is 11.0. The van der Waals surface area contributed by atoms with Crippen LogP contribution in [0.15, 0.2) is 29.0 Å². The maximum absolute atomic E-state index is 13.7. The third-order valence-corrected chi connectivity index (χ3v) is 2.76. The first-order chi connectivity index (χ1) is 9.02. The summed E-state index contributed by atoms with van der Waals surface area (Å²) in [5.74, 6) is -0.561. The summed E-state index contributed by atoms with van der Waals surface area (Å²) in [6.45, 7) is 0. The molecule has 0 aromatic carbocycles. The van der Waals surface area contributed by atoms with E-state index in [1.807, 2.05) is 0 Å². The van der Waals surface area contributed by atoms with Gasteiger partial charge in [-0.25, -0.2) is 14.4 Å². The van der Waals surface area contributed by atoms with E-state index < -0.39 is 10.7 Å². The maximum Gasteiger partial charge on any atom is 0.296 e. The Morgan fingerprint density at radius 3 is 2.74 bits per heavy atom. The molecule has 0 saturated heterocycles. The minimum Gasteiger partial charge on any atom is -0.481 e. The maximum atomic E-state index is 13.7. The minimum absolute atomic E-state index is 0.0361. The first-order valence-corrected chi connectivity index (χ1v) is 5.82. The molecule has 0 unspecified atom stereocenters. The Labute approximate surface area is 115 Å². The van der Waals surface area contributed by atoms with E-state index in [0.29, 0.717) is 4.47 Å². The molecular formula is C11H7BrFN3O3. The number of halogens is 2. The summed E-state index contributed by atoms with van der Waals surface area (Å²) in [4.78, 5) is 17.9. The Morgan fingerprint density at radius 1 is 1.37 bits per heavy atom. The largest absolute Gasteiger partial charge is 0.481 e. The van der Waals surface area contributed by atoms with Gasteiger partial charge in [-0.2, -0.15) is 0 Å². The van der Waals surface area contributed by atoms with Gasteiger partial charge in [-0.15, -0.1) is 0 Å². The summed E-state index contributed by atoms with van der Waals surface area (Å²) in [5.41, 5.74) is -0.418. The van der Waals surface area contributed by atoms with Crippen molar-refractivity contribution in [3.63, 3.8) is 0 Å². The van der Waals surface area contributed by atoms with Crippen LogP contribution < -0.4 is 4.74 Å². The normalized spacial score (nSPS) is 10.3. The van der Waals surface area contributed by atoms with Gasteiger partial charge >= 0.3 is 0 Å². The fourth-order valence-electron chi connectivity index (χ4n) is 1.49. The molecule has 2 aromatic rings. The van der Waals surface area contributed by atoms with Crippen LogP contribution in [0.4, 0.5) is 10.1 Å². The van der Waals surface area contributed by atoms with Crippen molar-refractivity contribution in [2.45, 2.75) is 0 Å². The fourth-order valence-corrected chi connectivity index (χ4v) is 1.81. The van der Waals surface area contributed by atoms with E-state index in [1.54, 1.807) is 0 Å². The second kappa shape index (κ2) is 5.27. The van der Waals surface area contributed by atoms with Crippen molar-refractivity contribution in [1.82, 2.24) is 9.97 Å². The molecule has 98 valence electrons. The quantitative estimate of drug-likeness (QED) is 0.639. The Morgan fingerprint density at radius 2 is 2.11 bits per heavy atom. The molecule has 0 amide bonds. The van der Waals surface area contributed by atoms with Crippen molar-refractivity contribution in [3.05, 3.63) is 44.9 Å². The lowest BCUT2D eigenvalue weighted by molar-refractivity contribution is -0.384. The van der Waals surface area contributed by atoms with E-state index in [9.17, 15) is 14.5 Å². The smallest absolute Gasteiger partial charge is 0.296 e. The Balaban J connectivity index is 2.67. The lowest BCUT2D eigenvalue weighted by Crippen LogP contribution is -1.98. The van der Waals surface area contributed by atoms with Gasteiger partial charge in [-0.05, 0) is 15.9 Å². The zero-order valence-corrected chi connectivity index (χ0v) is 11.2. The molecule has 0 bridgehead atoms. The molecule has 2 heterocycles. The van der Waals surface area contributed by atoms with Gasteiger partial charge in [0.1, 0.15) is 0 Å². The van der Waals surface area contributed by atoms with Gasteiger partial charge in [0, 0.05) is 28.4 Å². The molecule has 19 heavy (non-hydrogen) atoms. The standard InChI is InChI=1S/C11H7BrFN3O3/c1-19-10-3-7(8(13)5-14-10)11-9(16(17)18)2-6(12)4-15-11/h2-5H,1H3. The number of hydrogen-bond acceptors (Lipinski definition) is 5. The lowest BCUT2D eigenvalue weighted by atomic mass is 10.1. The lowest BCUT2D eigenvalue weighted by Gasteiger charge is -2.05. The summed E-state index contributed by atoms with van der Waals surface area (Å²) < 4.78 is 19.0. The zero-order chi connectivity index (χ0) is 14.0. The molecule has 0 aliphatic rings. The minimum atomic E-state index is -0.710. The van der Waals surface area contributed by atoms with E-state index in [0.717, 1.165) is 6.20 Å². The van der Waals surface area contributed by atoms with Crippen molar-refractivity contribution in [2.24, 2.45) is 0 Å². The van der Waals surface area contributed by atoms with Crippen LogP contribution in [0.25, 0.3) is 11.3 Å². The molecule has 0 atom stereocenters. The molecule has 0 aliphatic heterocycles. The van der Waals surface area contributed by atoms with Crippen LogP contribution in [-0.4, -0.2) is 22.0 Å². The number of nitrogens with zero attached hydrogens (tertiary/aromatic N) is 3. The second-order valence-electron chi connectivity index (χ2n) is 3.48. The van der Waals surface area contributed by atoms with E-state index in [2.05, 4.69) is 25.9 Å². The van der Waals surface area contributed by atoms with Crippen molar-refractivity contribution < 1.29 is 14.1 Å². The summed E-state index contributed by atoms with van der Waals surface area (Å²) >= 11 is 3.09. The number of rotatable bonds is 3. The molecule has 2 aromatic heterocycles. The molecule has 6 nitrogen and oxygen atoms in total. The number of pyridine rings is 2. The Kier molecular flexibility index (Phi) is 3.70. The number of methoxy groups -OCH3 is 1. The van der Waals surface area contributed by atoms with Crippen molar-refractivity contribution in [2.75, 3.05) is 7.11 Å². The van der Waals surface area contributed by atoms with Gasteiger partial charge in [0.25, 0.3) is 5.69 Å². The van der Waals surface area contributed by atoms with Crippen LogP contribution in [0.1, 0.15) is 0 Å². The number of aromatic nitrogens is 2. The van der Waals surface area contributed by atoms with Gasteiger partial charge < -0.3 is 4.74 Å². The predicted octanol–water partition coefficient (Wildman–Crippen LogP) is 2.96. The Hall–Kier alpha value is -2.09. The van der Waals surface area contributed by atoms with E-state index in [1.165, 1.54) is 25.4 Å². The molecule has 0 saturated carbocycles. The van der Waals surface area contributed by atoms with Crippen molar-refractivity contribution >= 4 is 21.6 Å². The van der Waals surface area contributed by atoms with Crippen molar-refractivity contribution in [1.29, 1.82) is 0 Å². The van der Waals surface area contributed by atoms with Gasteiger partial charge in [0.2, 0.25) is 5.88 Å². The predicted molar refractivity (Wildman–Crippen MR) is 68.3 cm³/mol. The van der Waals surface area contributed by atoms with Crippen LogP contribution in [0, 0.1) is 15.9 Å². The second-order valence-corrected chi connectivity index (χ2v) is 4.40. The van der Waals surface area contributed by atoms with Crippen LogP contribution in [0.2, 0.25) is 0 Å². The third-order valence-electron chi connectivity index (χ3n) is 2.33. The fraction of sp³-hybridized carbons (Fsp3) is 0.0909. The molecule has 0 aliphatic carbocycles. The average Bonchev–Trinajstić information content (AvgIpc) is 2.39. The number of hydrogen-bond donors (Lipinski definition) is 0. The number of ether oxygens (including phenoxy) is 1. The summed E-state index contributed by atoms with van der Waals surface area (Å²) in [6.07, 6.45) is 2.29. The zero-order valence-electron chi connectivity index (χ0n) is 9.63. The van der Waals surface area contributed by atoms with Crippen molar-refractivity contribution in [3.8, 4) is 17.1 Å². The molecule has 0 fully saturated rings. The SMILES string of the molecule is COc1cc(-c2ncc(Br)cc2[N+](=O)[O-])c(F)cn1. The molecule has 0 radical (unpaired) electrons. The molecule has 8 heteroatoms. The molecule has 2 rings (SSSR count). The third kappa shape index (κ3) is 2.68. The van der Waals surface area contributed by atoms with Crippen LogP contribution >= 0.6 is 15.9 Å². The summed E-state index contributed by atoms with van der Waals surface area (Å²) in [7, 11) is 1.37. The van der Waals surface area contributed by atoms with E-state index in [-0.39, 0.29) is 22.8 Å². The first-order valence-electron chi connectivity index (χ1n) is 5.02. The topological polar surface area (TPSA) is 78.2 Å². The molecule has 0 spiro atoms. The highest BCUT2D eigenvalue weighted by Crippen LogP contribution is 2.32. The van der Waals surface area contributed by atoms with Crippen LogP contribution in [0.3, 0.4) is 0 Å². The van der Waals surface area contributed by atoms with Gasteiger partial charge in [0.05, 0.1) is 18.2 Å². The van der Waals surface area contributed by atoms with Gasteiger partial charge in [-0.3, -0.25) is 10.1 Å². The number of nitro groups is 1. The average molecular weight is 328 g/mol. The highest BCUT2D eigenvalue weighted by Gasteiger charge is 2.21. The molecular weight excluding hydrogens is 321 g/mol. The van der Waals surface area contributed by atoms with E-state index >= 15 is 0 Å². The van der Waals surface area contributed by atoms with E-state index in [4.69, 9.17) is 4.74 Å². The van der Waals surface area contributed by atoms with Gasteiger partial charge in [-0.1, -0.05) is 0 Å². The monoisotopic (exact) mass is 327 g/mol. The summed E-state index contributed by atoms with van der Waals surface area (Å²) in [6, 6.07) is 2.52. The van der Waals surface area contributed by atoms with Crippen LogP contribution in [-0.2, 0) is 0 Å². The van der Waals surface area contributed by atoms with Gasteiger partial charge in [0.15, 0.2) is 11.5 Å². The molecule has 0 N–H and O–H groups in total.